The van der Waals surface area contributed by atoms with Crippen molar-refractivity contribution in [1.29, 1.82) is 0 Å². The van der Waals surface area contributed by atoms with Crippen molar-refractivity contribution in [3.05, 3.63) is 40.1 Å². The predicted octanol–water partition coefficient (Wildman–Crippen LogP) is 2.68. The smallest absolute Gasteiger partial charge is 0.230 e. The highest BCUT2D eigenvalue weighted by atomic mass is 32.1. The second kappa shape index (κ2) is 7.30. The molecule has 2 aromatic rings. The van der Waals surface area contributed by atoms with Gasteiger partial charge in [-0.15, -0.1) is 11.3 Å². The Bertz CT molecular complexity index is 718. The van der Waals surface area contributed by atoms with E-state index in [4.69, 9.17) is 0 Å². The molecule has 0 radical (unpaired) electrons. The summed E-state index contributed by atoms with van der Waals surface area (Å²) in [6.07, 6.45) is 7.90. The lowest BCUT2D eigenvalue weighted by molar-refractivity contribution is -0.123. The van der Waals surface area contributed by atoms with Crippen LogP contribution in [0.3, 0.4) is 0 Å². The maximum atomic E-state index is 12.9. The Morgan fingerprint density at radius 1 is 1.40 bits per heavy atom. The summed E-state index contributed by atoms with van der Waals surface area (Å²) < 4.78 is 2.03. The molecule has 1 N–H and O–H groups in total. The molecule has 0 saturated heterocycles. The topological polar surface area (TPSA) is 50.2 Å². The number of fused-ring (bicyclic) bond motifs is 1. The van der Waals surface area contributed by atoms with Crippen molar-refractivity contribution in [2.24, 2.45) is 7.05 Å². The number of aromatic nitrogens is 2. The minimum atomic E-state index is -0.111. The van der Waals surface area contributed by atoms with Crippen LogP contribution in [0, 0.1) is 0 Å². The van der Waals surface area contributed by atoms with Crippen molar-refractivity contribution in [2.45, 2.75) is 50.6 Å². The molecule has 0 bridgehead atoms. The monoisotopic (exact) mass is 358 g/mol. The average molecular weight is 359 g/mol. The largest absolute Gasteiger partial charge is 0.355 e. The number of carbonyl (C=O) groups is 1. The van der Waals surface area contributed by atoms with Gasteiger partial charge in [0.25, 0.3) is 0 Å². The first-order valence-electron chi connectivity index (χ1n) is 9.26. The van der Waals surface area contributed by atoms with Gasteiger partial charge in [-0.05, 0) is 30.7 Å². The number of hydrogen-bond donors (Lipinski definition) is 1. The molecule has 134 valence electrons. The SMILES string of the molecule is Cn1cnc2c1C(C(=O)NCCc1cccs1)CN(C1CCCC1)C2. The Labute approximate surface area is 153 Å². The molecule has 1 atom stereocenters. The van der Waals surface area contributed by atoms with Crippen LogP contribution in [0.1, 0.15) is 47.9 Å². The van der Waals surface area contributed by atoms with Crippen LogP contribution in [0.15, 0.2) is 23.8 Å². The van der Waals surface area contributed by atoms with E-state index in [-0.39, 0.29) is 11.8 Å². The summed E-state index contributed by atoms with van der Waals surface area (Å²) in [5.41, 5.74) is 2.18. The van der Waals surface area contributed by atoms with E-state index in [2.05, 4.69) is 32.7 Å². The first-order valence-corrected chi connectivity index (χ1v) is 10.1. The molecule has 25 heavy (non-hydrogen) atoms. The van der Waals surface area contributed by atoms with Gasteiger partial charge in [0.2, 0.25) is 5.91 Å². The van der Waals surface area contributed by atoms with Gasteiger partial charge in [0, 0.05) is 37.6 Å². The predicted molar refractivity (Wildman–Crippen MR) is 99.6 cm³/mol. The van der Waals surface area contributed by atoms with Gasteiger partial charge in [-0.25, -0.2) is 4.98 Å². The molecule has 3 heterocycles. The Morgan fingerprint density at radius 3 is 3.00 bits per heavy atom. The third-order valence-corrected chi connectivity index (χ3v) is 6.51. The fourth-order valence-electron chi connectivity index (χ4n) is 4.28. The van der Waals surface area contributed by atoms with Crippen molar-refractivity contribution < 1.29 is 4.79 Å². The minimum absolute atomic E-state index is 0.111. The molecule has 1 saturated carbocycles. The number of nitrogens with zero attached hydrogens (tertiary/aromatic N) is 3. The van der Waals surface area contributed by atoms with E-state index >= 15 is 0 Å². The Balaban J connectivity index is 1.45. The molecule has 4 rings (SSSR count). The van der Waals surface area contributed by atoms with Crippen LogP contribution in [-0.4, -0.2) is 39.5 Å². The quantitative estimate of drug-likeness (QED) is 0.894. The number of nitrogens with one attached hydrogen (secondary N) is 1. The van der Waals surface area contributed by atoms with Crippen LogP contribution in [-0.2, 0) is 24.8 Å². The summed E-state index contributed by atoms with van der Waals surface area (Å²) in [7, 11) is 2.00. The summed E-state index contributed by atoms with van der Waals surface area (Å²) in [5, 5.41) is 5.24. The number of rotatable bonds is 5. The van der Waals surface area contributed by atoms with Crippen LogP contribution in [0.25, 0.3) is 0 Å². The van der Waals surface area contributed by atoms with Crippen molar-refractivity contribution in [3.8, 4) is 0 Å². The Hall–Kier alpha value is -1.66. The van der Waals surface area contributed by atoms with E-state index < -0.39 is 0 Å². The Morgan fingerprint density at radius 2 is 2.24 bits per heavy atom. The maximum absolute atomic E-state index is 12.9. The summed E-state index contributed by atoms with van der Waals surface area (Å²) in [5.74, 6) is 0.0317. The van der Waals surface area contributed by atoms with Crippen molar-refractivity contribution in [2.75, 3.05) is 13.1 Å². The minimum Gasteiger partial charge on any atom is -0.355 e. The molecule has 6 heteroatoms. The summed E-state index contributed by atoms with van der Waals surface area (Å²) in [6.45, 7) is 2.41. The van der Waals surface area contributed by atoms with E-state index in [9.17, 15) is 4.79 Å². The fraction of sp³-hybridized carbons (Fsp3) is 0.579. The molecule has 0 aromatic carbocycles. The third-order valence-electron chi connectivity index (χ3n) is 5.57. The molecule has 1 aliphatic heterocycles. The van der Waals surface area contributed by atoms with Crippen LogP contribution in [0.5, 0.6) is 0 Å². The van der Waals surface area contributed by atoms with Gasteiger partial charge in [0.05, 0.1) is 23.6 Å². The highest BCUT2D eigenvalue weighted by molar-refractivity contribution is 7.09. The zero-order valence-corrected chi connectivity index (χ0v) is 15.6. The summed E-state index contributed by atoms with van der Waals surface area (Å²) in [4.78, 5) is 21.3. The van der Waals surface area contributed by atoms with Gasteiger partial charge in [-0.1, -0.05) is 18.9 Å². The van der Waals surface area contributed by atoms with Gasteiger partial charge in [0.15, 0.2) is 0 Å². The van der Waals surface area contributed by atoms with E-state index in [1.165, 1.54) is 30.6 Å². The highest BCUT2D eigenvalue weighted by Crippen LogP contribution is 2.33. The van der Waals surface area contributed by atoms with Gasteiger partial charge in [0.1, 0.15) is 0 Å². The second-order valence-corrected chi connectivity index (χ2v) is 8.26. The fourth-order valence-corrected chi connectivity index (χ4v) is 4.99. The lowest BCUT2D eigenvalue weighted by atomic mass is 9.95. The third kappa shape index (κ3) is 3.51. The Kier molecular flexibility index (Phi) is 4.90. The molecule has 1 aliphatic carbocycles. The lowest BCUT2D eigenvalue weighted by Gasteiger charge is -2.36. The first kappa shape index (κ1) is 16.8. The van der Waals surface area contributed by atoms with E-state index in [1.54, 1.807) is 11.3 Å². The molecule has 1 fully saturated rings. The molecule has 1 amide bonds. The van der Waals surface area contributed by atoms with Crippen molar-refractivity contribution in [1.82, 2.24) is 19.8 Å². The molecule has 2 aliphatic rings. The van der Waals surface area contributed by atoms with Gasteiger partial charge in [-0.2, -0.15) is 0 Å². The highest BCUT2D eigenvalue weighted by Gasteiger charge is 2.36. The van der Waals surface area contributed by atoms with Crippen LogP contribution in [0.4, 0.5) is 0 Å². The standard InChI is InChI=1S/C19H26N4OS/c1-22-13-21-17-12-23(14-5-2-3-6-14)11-16(18(17)22)19(24)20-9-8-15-7-4-10-25-15/h4,7,10,13-14,16H,2-3,5-6,8-9,11-12H2,1H3,(H,20,24). The molecular formula is C19H26N4OS. The molecule has 5 nitrogen and oxygen atoms in total. The molecule has 2 aromatic heterocycles. The normalized spacial score (nSPS) is 21.4. The number of carbonyl (C=O) groups excluding carboxylic acids is 1. The van der Waals surface area contributed by atoms with Crippen molar-refractivity contribution >= 4 is 17.2 Å². The van der Waals surface area contributed by atoms with Crippen molar-refractivity contribution in [3.63, 3.8) is 0 Å². The first-order chi connectivity index (χ1) is 12.2. The van der Waals surface area contributed by atoms with Crippen LogP contribution >= 0.6 is 11.3 Å². The number of imidazole rings is 1. The lowest BCUT2D eigenvalue weighted by Crippen LogP contribution is -2.45. The number of amides is 1. The van der Waals surface area contributed by atoms with E-state index in [1.807, 2.05) is 17.9 Å². The molecule has 0 spiro atoms. The molecular weight excluding hydrogens is 332 g/mol. The number of aryl methyl sites for hydroxylation is 1. The maximum Gasteiger partial charge on any atom is 0.230 e. The number of hydrogen-bond acceptors (Lipinski definition) is 4. The second-order valence-electron chi connectivity index (χ2n) is 7.23. The van der Waals surface area contributed by atoms with Crippen LogP contribution in [0.2, 0.25) is 0 Å². The van der Waals surface area contributed by atoms with E-state index in [0.717, 1.165) is 30.9 Å². The zero-order valence-electron chi connectivity index (χ0n) is 14.8. The number of thiophene rings is 1. The average Bonchev–Trinajstić information content (AvgIpc) is 3.36. The van der Waals surface area contributed by atoms with Crippen LogP contribution < -0.4 is 5.32 Å². The zero-order chi connectivity index (χ0) is 17.2. The summed E-state index contributed by atoms with van der Waals surface area (Å²) in [6, 6.07) is 4.81. The van der Waals surface area contributed by atoms with Gasteiger partial charge < -0.3 is 9.88 Å². The van der Waals surface area contributed by atoms with Gasteiger partial charge in [-0.3, -0.25) is 9.69 Å². The summed E-state index contributed by atoms with van der Waals surface area (Å²) >= 11 is 1.75. The van der Waals surface area contributed by atoms with E-state index in [0.29, 0.717) is 12.6 Å². The molecule has 1 unspecified atom stereocenters. The van der Waals surface area contributed by atoms with Gasteiger partial charge >= 0.3 is 0 Å².